The van der Waals surface area contributed by atoms with Crippen molar-refractivity contribution in [3.63, 3.8) is 0 Å². The molecule has 124 valence electrons. The van der Waals surface area contributed by atoms with E-state index in [1.807, 2.05) is 0 Å². The molecule has 1 heteroatoms. The van der Waals surface area contributed by atoms with Crippen LogP contribution in [0.3, 0.4) is 0 Å². The second-order valence-electron chi connectivity index (χ2n) is 7.89. The fourth-order valence-electron chi connectivity index (χ4n) is 4.59. The van der Waals surface area contributed by atoms with Gasteiger partial charge in [0.15, 0.2) is 0 Å². The Labute approximate surface area is 133 Å². The molecule has 2 saturated carbocycles. The van der Waals surface area contributed by atoms with Gasteiger partial charge in [0.05, 0.1) is 0 Å². The molecule has 0 aromatic rings. The molecule has 0 unspecified atom stereocenters. The minimum absolute atomic E-state index is 0.870. The lowest BCUT2D eigenvalue weighted by Gasteiger charge is -2.30. The molecule has 0 N–H and O–H groups in total. The molecule has 0 saturated heterocycles. The van der Waals surface area contributed by atoms with Crippen LogP contribution >= 0.6 is 0 Å². The number of hydrogen-bond acceptors (Lipinski definition) is 1. The molecule has 0 amide bonds. The Morgan fingerprint density at radius 1 is 0.571 bits per heavy atom. The number of hydrogen-bond donors (Lipinski definition) is 0. The molecule has 0 aromatic carbocycles. The highest BCUT2D eigenvalue weighted by Crippen LogP contribution is 2.33. The lowest BCUT2D eigenvalue weighted by molar-refractivity contribution is 0.0408. The molecule has 2 fully saturated rings. The molecule has 2 rings (SSSR count). The van der Waals surface area contributed by atoms with Gasteiger partial charge in [0.2, 0.25) is 0 Å². The maximum atomic E-state index is 6.10. The fourth-order valence-corrected chi connectivity index (χ4v) is 4.59. The molecule has 0 heterocycles. The molecule has 21 heavy (non-hydrogen) atoms. The average Bonchev–Trinajstić information content (AvgIpc) is 2.51. The van der Waals surface area contributed by atoms with E-state index in [9.17, 15) is 0 Å². The van der Waals surface area contributed by atoms with E-state index in [-0.39, 0.29) is 0 Å². The van der Waals surface area contributed by atoms with Crippen LogP contribution in [0.5, 0.6) is 0 Å². The zero-order valence-corrected chi connectivity index (χ0v) is 14.6. The van der Waals surface area contributed by atoms with Crippen molar-refractivity contribution in [2.24, 2.45) is 23.7 Å². The first-order valence-corrected chi connectivity index (χ1v) is 9.89. The molecular weight excluding hydrogens is 256 g/mol. The third-order valence-corrected chi connectivity index (χ3v) is 6.03. The van der Waals surface area contributed by atoms with Gasteiger partial charge in [-0.2, -0.15) is 0 Å². The summed E-state index contributed by atoms with van der Waals surface area (Å²) < 4.78 is 6.10. The van der Waals surface area contributed by atoms with Crippen molar-refractivity contribution in [3.05, 3.63) is 0 Å². The van der Waals surface area contributed by atoms with E-state index in [2.05, 4.69) is 13.8 Å². The summed E-state index contributed by atoms with van der Waals surface area (Å²) in [5, 5.41) is 0. The van der Waals surface area contributed by atoms with E-state index in [1.165, 1.54) is 77.0 Å². The van der Waals surface area contributed by atoms with Crippen molar-refractivity contribution in [2.45, 2.75) is 90.9 Å². The van der Waals surface area contributed by atoms with Crippen molar-refractivity contribution in [1.29, 1.82) is 0 Å². The molecule has 2 aliphatic carbocycles. The smallest absolute Gasteiger partial charge is 0.0494 e. The Morgan fingerprint density at radius 3 is 1.24 bits per heavy atom. The van der Waals surface area contributed by atoms with E-state index in [0.29, 0.717) is 0 Å². The Kier molecular flexibility index (Phi) is 8.14. The van der Waals surface area contributed by atoms with Crippen LogP contribution in [-0.4, -0.2) is 13.2 Å². The fraction of sp³-hybridized carbons (Fsp3) is 1.00. The van der Waals surface area contributed by atoms with E-state index >= 15 is 0 Å². The first-order chi connectivity index (χ1) is 10.3. The monoisotopic (exact) mass is 294 g/mol. The van der Waals surface area contributed by atoms with Gasteiger partial charge >= 0.3 is 0 Å². The lowest BCUT2D eigenvalue weighted by Crippen LogP contribution is -2.22. The summed E-state index contributed by atoms with van der Waals surface area (Å²) in [6.07, 6.45) is 17.2. The second-order valence-corrected chi connectivity index (χ2v) is 7.89. The summed E-state index contributed by atoms with van der Waals surface area (Å²) in [5.74, 6) is 3.80. The molecule has 0 aliphatic heterocycles. The second kappa shape index (κ2) is 9.87. The molecule has 2 aliphatic rings. The Hall–Kier alpha value is -0.0400. The maximum absolute atomic E-state index is 6.10. The average molecular weight is 295 g/mol. The minimum Gasteiger partial charge on any atom is -0.381 e. The predicted octanol–water partition coefficient (Wildman–Crippen LogP) is 6.22. The topological polar surface area (TPSA) is 9.23 Å². The highest BCUT2D eigenvalue weighted by Gasteiger charge is 2.23. The zero-order chi connectivity index (χ0) is 14.9. The van der Waals surface area contributed by atoms with Crippen LogP contribution in [0.4, 0.5) is 0 Å². The van der Waals surface area contributed by atoms with Crippen molar-refractivity contribution in [3.8, 4) is 0 Å². The van der Waals surface area contributed by atoms with Gasteiger partial charge in [0.25, 0.3) is 0 Å². The minimum atomic E-state index is 0.870. The van der Waals surface area contributed by atoms with Gasteiger partial charge in [-0.1, -0.05) is 65.2 Å². The summed E-state index contributed by atoms with van der Waals surface area (Å²) in [7, 11) is 0. The molecule has 1 nitrogen and oxygen atoms in total. The molecule has 0 aromatic heterocycles. The summed E-state index contributed by atoms with van der Waals surface area (Å²) in [5.41, 5.74) is 0. The summed E-state index contributed by atoms with van der Waals surface area (Å²) in [6.45, 7) is 6.75. The Morgan fingerprint density at radius 2 is 0.905 bits per heavy atom. The van der Waals surface area contributed by atoms with Crippen LogP contribution in [0.25, 0.3) is 0 Å². The predicted molar refractivity (Wildman–Crippen MR) is 91.5 cm³/mol. The van der Waals surface area contributed by atoms with Gasteiger partial charge < -0.3 is 4.74 Å². The molecule has 0 radical (unpaired) electrons. The van der Waals surface area contributed by atoms with Crippen molar-refractivity contribution in [1.82, 2.24) is 0 Å². The van der Waals surface area contributed by atoms with Gasteiger partial charge in [-0.15, -0.1) is 0 Å². The normalized spacial score (nSPS) is 34.0. The molecule has 0 atom stereocenters. The third kappa shape index (κ3) is 6.30. The first-order valence-electron chi connectivity index (χ1n) is 9.89. The number of ether oxygens (including phenoxy) is 1. The lowest BCUT2D eigenvalue weighted by atomic mass is 9.80. The highest BCUT2D eigenvalue weighted by molar-refractivity contribution is 4.74. The van der Waals surface area contributed by atoms with Crippen LogP contribution in [-0.2, 0) is 4.74 Å². The van der Waals surface area contributed by atoms with Crippen LogP contribution in [0.1, 0.15) is 90.9 Å². The van der Waals surface area contributed by atoms with E-state index in [1.54, 1.807) is 0 Å². The first kappa shape index (κ1) is 17.3. The van der Waals surface area contributed by atoms with Gasteiger partial charge in [-0.05, 0) is 49.4 Å². The maximum Gasteiger partial charge on any atom is 0.0494 e. The van der Waals surface area contributed by atoms with E-state index < -0.39 is 0 Å². The Balaban J connectivity index is 1.51. The summed E-state index contributed by atoms with van der Waals surface area (Å²) in [6, 6.07) is 0. The van der Waals surface area contributed by atoms with Crippen LogP contribution < -0.4 is 0 Å². The van der Waals surface area contributed by atoms with Crippen molar-refractivity contribution >= 4 is 0 Å². The molecule has 0 spiro atoms. The third-order valence-electron chi connectivity index (χ3n) is 6.03. The van der Waals surface area contributed by atoms with Crippen LogP contribution in [0, 0.1) is 23.7 Å². The SMILES string of the molecule is CCCC1CCC(COCC2CCC(CCC)CC2)CC1. The zero-order valence-electron chi connectivity index (χ0n) is 14.6. The molecule has 0 bridgehead atoms. The van der Waals surface area contributed by atoms with Gasteiger partial charge in [0, 0.05) is 13.2 Å². The summed E-state index contributed by atoms with van der Waals surface area (Å²) >= 11 is 0. The highest BCUT2D eigenvalue weighted by atomic mass is 16.5. The van der Waals surface area contributed by atoms with Crippen LogP contribution in [0.2, 0.25) is 0 Å². The number of rotatable bonds is 8. The standard InChI is InChI=1S/C20H38O/c1-3-5-17-7-11-19(12-8-17)15-21-16-20-13-9-18(6-4-2)10-14-20/h17-20H,3-16H2,1-2H3. The largest absolute Gasteiger partial charge is 0.381 e. The quantitative estimate of drug-likeness (QED) is 0.516. The van der Waals surface area contributed by atoms with Gasteiger partial charge in [0.1, 0.15) is 0 Å². The summed E-state index contributed by atoms with van der Waals surface area (Å²) in [4.78, 5) is 0. The van der Waals surface area contributed by atoms with Gasteiger partial charge in [-0.25, -0.2) is 0 Å². The van der Waals surface area contributed by atoms with Crippen molar-refractivity contribution in [2.75, 3.05) is 13.2 Å². The van der Waals surface area contributed by atoms with Gasteiger partial charge in [-0.3, -0.25) is 0 Å². The van der Waals surface area contributed by atoms with Crippen LogP contribution in [0.15, 0.2) is 0 Å². The van der Waals surface area contributed by atoms with E-state index in [0.717, 1.165) is 36.9 Å². The molecular formula is C20H38O. The van der Waals surface area contributed by atoms with E-state index in [4.69, 9.17) is 4.74 Å². The van der Waals surface area contributed by atoms with Crippen molar-refractivity contribution < 1.29 is 4.74 Å². The Bertz CT molecular complexity index is 221.